The van der Waals surface area contributed by atoms with E-state index in [9.17, 15) is 14.0 Å². The Balaban J connectivity index is 2.39. The van der Waals surface area contributed by atoms with E-state index in [1.54, 1.807) is 30.3 Å². The smallest absolute Gasteiger partial charge is 0.196 e. The summed E-state index contributed by atoms with van der Waals surface area (Å²) in [6.45, 7) is 1.34. The first-order chi connectivity index (χ1) is 9.58. The van der Waals surface area contributed by atoms with E-state index < -0.39 is 0 Å². The molecular weight excluding hydrogens is 255 g/mol. The molecule has 0 aliphatic heterocycles. The maximum atomic E-state index is 12.9. The highest BCUT2D eigenvalue weighted by molar-refractivity contribution is 6.28. The second-order valence-electron chi connectivity index (χ2n) is 4.36. The van der Waals surface area contributed by atoms with Gasteiger partial charge in [-0.2, -0.15) is 0 Å². The predicted molar refractivity (Wildman–Crippen MR) is 75.8 cm³/mol. The van der Waals surface area contributed by atoms with Gasteiger partial charge in [-0.15, -0.1) is 0 Å². The molecule has 3 heteroatoms. The summed E-state index contributed by atoms with van der Waals surface area (Å²) < 4.78 is 12.9. The number of carbonyl (C=O) groups is 2. The topological polar surface area (TPSA) is 34.1 Å². The van der Waals surface area contributed by atoms with Crippen molar-refractivity contribution in [1.82, 2.24) is 0 Å². The van der Waals surface area contributed by atoms with Gasteiger partial charge in [0.2, 0.25) is 0 Å². The van der Waals surface area contributed by atoms with Crippen molar-refractivity contribution in [2.45, 2.75) is 6.92 Å². The summed E-state index contributed by atoms with van der Waals surface area (Å²) in [6, 6.07) is 14.2. The molecule has 2 aromatic carbocycles. The summed E-state index contributed by atoms with van der Waals surface area (Å²) in [5.74, 6) is -1.01. The van der Waals surface area contributed by atoms with Gasteiger partial charge < -0.3 is 0 Å². The first-order valence-corrected chi connectivity index (χ1v) is 6.16. The minimum absolute atomic E-state index is 0.0859. The van der Waals surface area contributed by atoms with Crippen LogP contribution in [0.5, 0.6) is 0 Å². The van der Waals surface area contributed by atoms with Gasteiger partial charge in [-0.05, 0) is 30.7 Å². The number of hydrogen-bond donors (Lipinski definition) is 0. The maximum Gasteiger partial charge on any atom is 0.196 e. The standard InChI is InChI=1S/C17H13FO2/c1-12(19)16(11-13-7-9-15(18)10-8-13)17(20)14-5-3-2-4-6-14/h2-11H,1H3/b16-11+. The molecule has 0 aliphatic carbocycles. The molecule has 0 aliphatic rings. The lowest BCUT2D eigenvalue weighted by atomic mass is 9.98. The summed E-state index contributed by atoms with van der Waals surface area (Å²) in [6.07, 6.45) is 1.48. The molecule has 0 saturated heterocycles. The van der Waals surface area contributed by atoms with Gasteiger partial charge in [0.15, 0.2) is 11.6 Å². The Bertz CT molecular complexity index is 655. The molecular formula is C17H13FO2. The second-order valence-corrected chi connectivity index (χ2v) is 4.36. The largest absolute Gasteiger partial charge is 0.294 e. The van der Waals surface area contributed by atoms with Crippen LogP contribution in [0.4, 0.5) is 4.39 Å². The van der Waals surface area contributed by atoms with E-state index in [0.717, 1.165) is 0 Å². The Labute approximate surface area is 116 Å². The molecule has 0 N–H and O–H groups in total. The van der Waals surface area contributed by atoms with Gasteiger partial charge in [0, 0.05) is 5.56 Å². The minimum atomic E-state index is -0.360. The Morgan fingerprint density at radius 3 is 2.10 bits per heavy atom. The molecule has 2 rings (SSSR count). The molecule has 0 saturated carbocycles. The number of benzene rings is 2. The molecule has 0 amide bonds. The average Bonchev–Trinajstić information content (AvgIpc) is 2.46. The van der Waals surface area contributed by atoms with Gasteiger partial charge in [-0.3, -0.25) is 9.59 Å². The molecule has 0 unspecified atom stereocenters. The Morgan fingerprint density at radius 2 is 1.55 bits per heavy atom. The van der Waals surface area contributed by atoms with Crippen LogP contribution in [0.1, 0.15) is 22.8 Å². The fraction of sp³-hybridized carbons (Fsp3) is 0.0588. The zero-order valence-electron chi connectivity index (χ0n) is 11.0. The summed E-state index contributed by atoms with van der Waals surface area (Å²) in [5.41, 5.74) is 1.15. The van der Waals surface area contributed by atoms with Crippen molar-refractivity contribution < 1.29 is 14.0 Å². The fourth-order valence-corrected chi connectivity index (χ4v) is 1.80. The van der Waals surface area contributed by atoms with E-state index in [1.165, 1.54) is 37.3 Å². The van der Waals surface area contributed by atoms with Gasteiger partial charge in [0.05, 0.1) is 5.57 Å². The highest BCUT2D eigenvalue weighted by Crippen LogP contribution is 2.14. The monoisotopic (exact) mass is 268 g/mol. The zero-order valence-corrected chi connectivity index (χ0v) is 11.0. The molecule has 0 heterocycles. The summed E-state index contributed by atoms with van der Waals surface area (Å²) in [7, 11) is 0. The van der Waals surface area contributed by atoms with Crippen LogP contribution in [0.2, 0.25) is 0 Å². The van der Waals surface area contributed by atoms with Crippen molar-refractivity contribution in [2.75, 3.05) is 0 Å². The number of hydrogen-bond acceptors (Lipinski definition) is 2. The molecule has 2 nitrogen and oxygen atoms in total. The quantitative estimate of drug-likeness (QED) is 0.367. The number of ketones is 2. The Morgan fingerprint density at radius 1 is 0.950 bits per heavy atom. The number of carbonyl (C=O) groups excluding carboxylic acids is 2. The SMILES string of the molecule is CC(=O)/C(=C\c1ccc(F)cc1)C(=O)c1ccccc1. The molecule has 0 radical (unpaired) electrons. The van der Waals surface area contributed by atoms with Gasteiger partial charge in [-0.25, -0.2) is 4.39 Å². The third-order valence-electron chi connectivity index (χ3n) is 2.84. The predicted octanol–water partition coefficient (Wildman–Crippen LogP) is 3.68. The molecule has 20 heavy (non-hydrogen) atoms. The first-order valence-electron chi connectivity index (χ1n) is 6.16. The van der Waals surface area contributed by atoms with Crippen LogP contribution in [0.15, 0.2) is 60.2 Å². The minimum Gasteiger partial charge on any atom is -0.294 e. The van der Waals surface area contributed by atoms with Crippen molar-refractivity contribution in [1.29, 1.82) is 0 Å². The first kappa shape index (κ1) is 13.9. The van der Waals surface area contributed by atoms with E-state index in [-0.39, 0.29) is 23.0 Å². The van der Waals surface area contributed by atoms with Crippen molar-refractivity contribution in [2.24, 2.45) is 0 Å². The maximum absolute atomic E-state index is 12.9. The lowest BCUT2D eigenvalue weighted by molar-refractivity contribution is -0.113. The highest BCUT2D eigenvalue weighted by Gasteiger charge is 2.16. The number of halogens is 1. The van der Waals surface area contributed by atoms with Crippen molar-refractivity contribution in [3.63, 3.8) is 0 Å². The van der Waals surface area contributed by atoms with Crippen LogP contribution < -0.4 is 0 Å². The third-order valence-corrected chi connectivity index (χ3v) is 2.84. The second kappa shape index (κ2) is 6.06. The lowest BCUT2D eigenvalue weighted by Gasteiger charge is -2.03. The van der Waals surface area contributed by atoms with E-state index >= 15 is 0 Å². The Hall–Kier alpha value is -2.55. The van der Waals surface area contributed by atoms with Crippen LogP contribution in [-0.2, 0) is 4.79 Å². The lowest BCUT2D eigenvalue weighted by Crippen LogP contribution is -2.10. The van der Waals surface area contributed by atoms with E-state index in [1.807, 2.05) is 0 Å². The normalized spacial score (nSPS) is 11.2. The summed E-state index contributed by atoms with van der Waals surface area (Å²) in [4.78, 5) is 24.0. The average molecular weight is 268 g/mol. The highest BCUT2D eigenvalue weighted by atomic mass is 19.1. The van der Waals surface area contributed by atoms with Crippen LogP contribution >= 0.6 is 0 Å². The number of rotatable bonds is 4. The van der Waals surface area contributed by atoms with Gasteiger partial charge in [0.1, 0.15) is 5.82 Å². The van der Waals surface area contributed by atoms with E-state index in [2.05, 4.69) is 0 Å². The van der Waals surface area contributed by atoms with Gasteiger partial charge >= 0.3 is 0 Å². The van der Waals surface area contributed by atoms with Gasteiger partial charge in [0.25, 0.3) is 0 Å². The molecule has 0 atom stereocenters. The van der Waals surface area contributed by atoms with Gasteiger partial charge in [-0.1, -0.05) is 42.5 Å². The zero-order chi connectivity index (χ0) is 14.5. The van der Waals surface area contributed by atoms with Crippen molar-refractivity contribution in [3.8, 4) is 0 Å². The molecule has 0 aromatic heterocycles. The van der Waals surface area contributed by atoms with Crippen LogP contribution in [-0.4, -0.2) is 11.6 Å². The van der Waals surface area contributed by atoms with E-state index in [4.69, 9.17) is 0 Å². The Kier molecular flexibility index (Phi) is 4.20. The summed E-state index contributed by atoms with van der Waals surface area (Å²) in [5, 5.41) is 0. The summed E-state index contributed by atoms with van der Waals surface area (Å²) >= 11 is 0. The molecule has 0 spiro atoms. The van der Waals surface area contributed by atoms with Crippen LogP contribution in [0.25, 0.3) is 6.08 Å². The molecule has 0 bridgehead atoms. The molecule has 0 fully saturated rings. The third kappa shape index (κ3) is 3.26. The van der Waals surface area contributed by atoms with Crippen molar-refractivity contribution >= 4 is 17.6 Å². The van der Waals surface area contributed by atoms with Crippen LogP contribution in [0, 0.1) is 5.82 Å². The molecule has 100 valence electrons. The van der Waals surface area contributed by atoms with E-state index in [0.29, 0.717) is 11.1 Å². The fourth-order valence-electron chi connectivity index (χ4n) is 1.80. The van der Waals surface area contributed by atoms with Crippen LogP contribution in [0.3, 0.4) is 0 Å². The number of allylic oxidation sites excluding steroid dienone is 1. The number of Topliss-reactive ketones (excluding diaryl/α,β-unsaturated/α-hetero) is 2. The van der Waals surface area contributed by atoms with Crippen molar-refractivity contribution in [3.05, 3.63) is 77.1 Å². The molecule has 2 aromatic rings.